The first-order valence-electron chi connectivity index (χ1n) is 7.56. The molecular weight excluding hydrogens is 322 g/mol. The van der Waals surface area contributed by atoms with Gasteiger partial charge in [0.1, 0.15) is 12.4 Å². The van der Waals surface area contributed by atoms with E-state index in [4.69, 9.17) is 9.84 Å². The standard InChI is InChI=1S/C19H15NO5/c1-12-17(19(23)25-20-12)10-14-3-2-4-16(9-14)24-11-13-5-7-15(8-6-13)18(21)22/h2-10H,11H2,1H3,(H,21,22)/b17-10+. The van der Waals surface area contributed by atoms with E-state index >= 15 is 0 Å². The summed E-state index contributed by atoms with van der Waals surface area (Å²) < 4.78 is 5.73. The molecule has 1 aliphatic rings. The van der Waals surface area contributed by atoms with Gasteiger partial charge in [-0.25, -0.2) is 9.59 Å². The van der Waals surface area contributed by atoms with E-state index in [2.05, 4.69) is 9.99 Å². The SMILES string of the molecule is CC1=NOC(=O)/C1=C/c1cccc(OCc2ccc(C(=O)O)cc2)c1. The van der Waals surface area contributed by atoms with Gasteiger partial charge in [-0.1, -0.05) is 29.4 Å². The normalized spacial score (nSPS) is 15.0. The van der Waals surface area contributed by atoms with Gasteiger partial charge < -0.3 is 14.7 Å². The van der Waals surface area contributed by atoms with Crippen LogP contribution in [0, 0.1) is 0 Å². The second-order valence-electron chi connectivity index (χ2n) is 5.48. The van der Waals surface area contributed by atoms with Crippen molar-refractivity contribution in [3.8, 4) is 5.75 Å². The maximum atomic E-state index is 11.6. The topological polar surface area (TPSA) is 85.2 Å². The van der Waals surface area contributed by atoms with Crippen LogP contribution < -0.4 is 4.74 Å². The third-order valence-electron chi connectivity index (χ3n) is 3.65. The third kappa shape index (κ3) is 3.92. The Morgan fingerprint density at radius 2 is 2.00 bits per heavy atom. The summed E-state index contributed by atoms with van der Waals surface area (Å²) in [6, 6.07) is 13.8. The Morgan fingerprint density at radius 3 is 2.64 bits per heavy atom. The first-order chi connectivity index (χ1) is 12.0. The first kappa shape index (κ1) is 16.4. The summed E-state index contributed by atoms with van der Waals surface area (Å²) in [5.74, 6) is -0.794. The number of aromatic carboxylic acids is 1. The van der Waals surface area contributed by atoms with Crippen molar-refractivity contribution in [2.45, 2.75) is 13.5 Å². The zero-order valence-electron chi connectivity index (χ0n) is 13.4. The van der Waals surface area contributed by atoms with Gasteiger partial charge in [-0.2, -0.15) is 0 Å². The molecule has 2 aromatic carbocycles. The van der Waals surface area contributed by atoms with E-state index in [1.54, 1.807) is 31.2 Å². The number of hydrogen-bond donors (Lipinski definition) is 1. The maximum absolute atomic E-state index is 11.6. The van der Waals surface area contributed by atoms with Gasteiger partial charge in [-0.3, -0.25) is 0 Å². The highest BCUT2D eigenvalue weighted by molar-refractivity contribution is 6.24. The molecule has 0 aromatic heterocycles. The van der Waals surface area contributed by atoms with Gasteiger partial charge in [-0.15, -0.1) is 0 Å². The highest BCUT2D eigenvalue weighted by Crippen LogP contribution is 2.20. The Morgan fingerprint density at radius 1 is 1.24 bits per heavy atom. The number of carbonyl (C=O) groups is 2. The number of carboxylic acid groups (broad SMARTS) is 1. The maximum Gasteiger partial charge on any atom is 0.367 e. The van der Waals surface area contributed by atoms with Crippen LogP contribution in [0.4, 0.5) is 0 Å². The molecule has 2 aromatic rings. The van der Waals surface area contributed by atoms with Crippen LogP contribution >= 0.6 is 0 Å². The molecule has 0 atom stereocenters. The van der Waals surface area contributed by atoms with Crippen LogP contribution in [0.3, 0.4) is 0 Å². The van der Waals surface area contributed by atoms with E-state index < -0.39 is 11.9 Å². The molecule has 0 unspecified atom stereocenters. The van der Waals surface area contributed by atoms with Gasteiger partial charge in [0.15, 0.2) is 0 Å². The Kier molecular flexibility index (Phi) is 4.61. The Labute approximate surface area is 144 Å². The number of nitrogens with zero attached hydrogens (tertiary/aromatic N) is 1. The first-order valence-corrected chi connectivity index (χ1v) is 7.56. The van der Waals surface area contributed by atoms with E-state index in [0.717, 1.165) is 11.1 Å². The lowest BCUT2D eigenvalue weighted by molar-refractivity contribution is -0.136. The van der Waals surface area contributed by atoms with Crippen LogP contribution in [0.1, 0.15) is 28.4 Å². The van der Waals surface area contributed by atoms with Crippen molar-refractivity contribution >= 4 is 23.7 Å². The quantitative estimate of drug-likeness (QED) is 0.668. The van der Waals surface area contributed by atoms with Crippen molar-refractivity contribution in [1.82, 2.24) is 0 Å². The molecule has 3 rings (SSSR count). The van der Waals surface area contributed by atoms with Gasteiger partial charge in [0.25, 0.3) is 0 Å². The Bertz CT molecular complexity index is 881. The van der Waals surface area contributed by atoms with E-state index in [9.17, 15) is 9.59 Å². The Hall–Kier alpha value is -3.41. The van der Waals surface area contributed by atoms with Gasteiger partial charge in [-0.05, 0) is 48.4 Å². The molecule has 0 bridgehead atoms. The molecule has 6 nitrogen and oxygen atoms in total. The fraction of sp³-hybridized carbons (Fsp3) is 0.105. The predicted octanol–water partition coefficient (Wildman–Crippen LogP) is 3.28. The minimum atomic E-state index is -0.961. The molecule has 0 amide bonds. The molecule has 6 heteroatoms. The summed E-state index contributed by atoms with van der Waals surface area (Å²) in [4.78, 5) is 27.0. The van der Waals surface area contributed by atoms with Crippen molar-refractivity contribution < 1.29 is 24.3 Å². The molecular formula is C19H15NO5. The monoisotopic (exact) mass is 337 g/mol. The number of hydrogen-bond acceptors (Lipinski definition) is 5. The molecule has 0 saturated heterocycles. The lowest BCUT2D eigenvalue weighted by Crippen LogP contribution is -2.02. The molecule has 0 saturated carbocycles. The van der Waals surface area contributed by atoms with Crippen molar-refractivity contribution in [3.05, 3.63) is 70.8 Å². The summed E-state index contributed by atoms with van der Waals surface area (Å²) in [6.45, 7) is 2.01. The summed E-state index contributed by atoms with van der Waals surface area (Å²) in [5, 5.41) is 12.5. The van der Waals surface area contributed by atoms with E-state index in [1.807, 2.05) is 18.2 Å². The van der Waals surface area contributed by atoms with E-state index in [0.29, 0.717) is 23.6 Å². The lowest BCUT2D eigenvalue weighted by atomic mass is 10.1. The number of ether oxygens (including phenoxy) is 1. The third-order valence-corrected chi connectivity index (χ3v) is 3.65. The van der Waals surface area contributed by atoms with Crippen LogP contribution in [-0.4, -0.2) is 22.8 Å². The largest absolute Gasteiger partial charge is 0.489 e. The zero-order valence-corrected chi connectivity index (χ0v) is 13.4. The molecule has 1 aliphatic heterocycles. The van der Waals surface area contributed by atoms with Gasteiger partial charge in [0, 0.05) is 0 Å². The lowest BCUT2D eigenvalue weighted by Gasteiger charge is -2.07. The minimum Gasteiger partial charge on any atom is -0.489 e. The number of carboxylic acids is 1. The second kappa shape index (κ2) is 7.00. The van der Waals surface area contributed by atoms with Crippen LogP contribution in [-0.2, 0) is 16.2 Å². The molecule has 0 radical (unpaired) electrons. The van der Waals surface area contributed by atoms with Gasteiger partial charge >= 0.3 is 11.9 Å². The summed E-state index contributed by atoms with van der Waals surface area (Å²) in [6.07, 6.45) is 1.70. The molecule has 0 aliphatic carbocycles. The second-order valence-corrected chi connectivity index (χ2v) is 5.48. The molecule has 0 spiro atoms. The highest BCUT2D eigenvalue weighted by Gasteiger charge is 2.21. The molecule has 25 heavy (non-hydrogen) atoms. The van der Waals surface area contributed by atoms with Crippen LogP contribution in [0.15, 0.2) is 59.3 Å². The van der Waals surface area contributed by atoms with Crippen molar-refractivity contribution in [3.63, 3.8) is 0 Å². The van der Waals surface area contributed by atoms with E-state index in [-0.39, 0.29) is 5.56 Å². The zero-order chi connectivity index (χ0) is 17.8. The van der Waals surface area contributed by atoms with Crippen LogP contribution in [0.5, 0.6) is 5.75 Å². The summed E-state index contributed by atoms with van der Waals surface area (Å²) >= 11 is 0. The summed E-state index contributed by atoms with van der Waals surface area (Å²) in [5.41, 5.74) is 2.84. The minimum absolute atomic E-state index is 0.234. The average molecular weight is 337 g/mol. The average Bonchev–Trinajstić information content (AvgIpc) is 2.93. The fourth-order valence-corrected chi connectivity index (χ4v) is 2.29. The Balaban J connectivity index is 1.70. The number of benzene rings is 2. The molecule has 1 heterocycles. The van der Waals surface area contributed by atoms with E-state index in [1.165, 1.54) is 12.1 Å². The van der Waals surface area contributed by atoms with Crippen LogP contribution in [0.2, 0.25) is 0 Å². The van der Waals surface area contributed by atoms with Gasteiger partial charge in [0.05, 0.1) is 16.8 Å². The number of carbonyl (C=O) groups excluding carboxylic acids is 1. The molecule has 1 N–H and O–H groups in total. The van der Waals surface area contributed by atoms with Crippen molar-refractivity contribution in [2.75, 3.05) is 0 Å². The number of rotatable bonds is 5. The molecule has 0 fully saturated rings. The predicted molar refractivity (Wildman–Crippen MR) is 91.4 cm³/mol. The van der Waals surface area contributed by atoms with Gasteiger partial charge in [0.2, 0.25) is 0 Å². The van der Waals surface area contributed by atoms with Crippen LogP contribution in [0.25, 0.3) is 6.08 Å². The summed E-state index contributed by atoms with van der Waals surface area (Å²) in [7, 11) is 0. The van der Waals surface area contributed by atoms with Crippen molar-refractivity contribution in [2.24, 2.45) is 5.16 Å². The molecule has 126 valence electrons. The highest BCUT2D eigenvalue weighted by atomic mass is 16.7. The number of oxime groups is 1. The fourth-order valence-electron chi connectivity index (χ4n) is 2.29. The van der Waals surface area contributed by atoms with Crippen molar-refractivity contribution in [1.29, 1.82) is 0 Å². The smallest absolute Gasteiger partial charge is 0.367 e.